The minimum Gasteiger partial charge on any atom is -0.380 e. The first-order valence-electron chi connectivity index (χ1n) is 13.3. The van der Waals surface area contributed by atoms with Crippen LogP contribution in [0.2, 0.25) is 0 Å². The maximum atomic E-state index is 13.2. The maximum absolute atomic E-state index is 13.2. The normalized spacial score (nSPS) is 17.4. The molecule has 2 aliphatic rings. The average Bonchev–Trinajstić information content (AvgIpc) is 3.42. The van der Waals surface area contributed by atoms with Crippen LogP contribution < -0.4 is 11.1 Å². The van der Waals surface area contributed by atoms with E-state index in [1.165, 1.54) is 6.07 Å². The Bertz CT molecular complexity index is 1360. The molecule has 1 atom stereocenters. The Labute approximate surface area is 229 Å². The number of aromatic nitrogens is 1. The third-order valence-electron chi connectivity index (χ3n) is 7.69. The Morgan fingerprint density at radius 2 is 1.80 bits per heavy atom. The Morgan fingerprint density at radius 3 is 2.40 bits per heavy atom. The molecule has 8 nitrogen and oxygen atoms in total. The predicted molar refractivity (Wildman–Crippen MR) is 140 cm³/mol. The summed E-state index contributed by atoms with van der Waals surface area (Å²) in [5.74, 6) is -0.106. The first-order chi connectivity index (χ1) is 19.1. The molecule has 0 bridgehead atoms. The molecule has 2 fully saturated rings. The second-order valence-corrected chi connectivity index (χ2v) is 10.3. The number of ether oxygens (including phenoxy) is 1. The molecule has 3 N–H and O–H groups in total. The summed E-state index contributed by atoms with van der Waals surface area (Å²) in [6, 6.07) is 11.7. The van der Waals surface area contributed by atoms with E-state index in [0.29, 0.717) is 48.7 Å². The van der Waals surface area contributed by atoms with Crippen LogP contribution in [-0.4, -0.2) is 48.2 Å². The van der Waals surface area contributed by atoms with Crippen molar-refractivity contribution in [3.63, 3.8) is 0 Å². The summed E-state index contributed by atoms with van der Waals surface area (Å²) in [5, 5.41) is 6.99. The number of rotatable bonds is 7. The summed E-state index contributed by atoms with van der Waals surface area (Å²) in [4.78, 5) is 27.1. The highest BCUT2D eigenvalue weighted by Crippen LogP contribution is 2.34. The van der Waals surface area contributed by atoms with Crippen LogP contribution in [0, 0.1) is 5.92 Å². The van der Waals surface area contributed by atoms with Gasteiger partial charge in [0, 0.05) is 31.6 Å². The topological polar surface area (TPSA) is 111 Å². The van der Waals surface area contributed by atoms with E-state index in [9.17, 15) is 22.8 Å². The first-order valence-corrected chi connectivity index (χ1v) is 13.3. The van der Waals surface area contributed by atoms with Crippen LogP contribution in [0.25, 0.3) is 11.1 Å². The monoisotopic (exact) mass is 556 g/mol. The zero-order valence-corrected chi connectivity index (χ0v) is 22.0. The van der Waals surface area contributed by atoms with E-state index in [0.717, 1.165) is 30.5 Å². The van der Waals surface area contributed by atoms with E-state index in [1.54, 1.807) is 37.3 Å². The molecule has 2 aliphatic heterocycles. The van der Waals surface area contributed by atoms with Crippen molar-refractivity contribution in [1.29, 1.82) is 0 Å². The standard InChI is InChI=1S/C29H31F3N4O4/c1-17(18-2-4-19(5-3-18)24-12-23(29(30,31)32)7-6-21(24)14-33)34-27(37)26-13-25(35-40-26)20-8-10-36(11-9-20)28(38)22-15-39-16-22/h2-7,12-13,17,20,22H,8-11,14-16,33H2,1H3,(H,34,37)/t17-/m1/s1. The Morgan fingerprint density at radius 1 is 1.10 bits per heavy atom. The highest BCUT2D eigenvalue weighted by Gasteiger charge is 2.34. The summed E-state index contributed by atoms with van der Waals surface area (Å²) in [6.45, 7) is 4.17. The molecule has 40 heavy (non-hydrogen) atoms. The fourth-order valence-electron chi connectivity index (χ4n) is 5.12. The molecular weight excluding hydrogens is 525 g/mol. The van der Waals surface area contributed by atoms with Crippen molar-refractivity contribution in [3.05, 3.63) is 76.7 Å². The van der Waals surface area contributed by atoms with Crippen molar-refractivity contribution in [1.82, 2.24) is 15.4 Å². The van der Waals surface area contributed by atoms with E-state index in [4.69, 9.17) is 15.0 Å². The molecular formula is C29H31F3N4O4. The zero-order valence-electron chi connectivity index (χ0n) is 22.0. The van der Waals surface area contributed by atoms with Crippen LogP contribution in [-0.2, 0) is 22.3 Å². The largest absolute Gasteiger partial charge is 0.416 e. The van der Waals surface area contributed by atoms with Gasteiger partial charge in [0.25, 0.3) is 5.91 Å². The summed E-state index contributed by atoms with van der Waals surface area (Å²) in [6.07, 6.45) is -2.97. The maximum Gasteiger partial charge on any atom is 0.416 e. The van der Waals surface area contributed by atoms with Crippen molar-refractivity contribution in [2.75, 3.05) is 26.3 Å². The second kappa shape index (κ2) is 11.4. The number of amides is 2. The van der Waals surface area contributed by atoms with E-state index in [2.05, 4.69) is 10.5 Å². The number of hydrogen-bond acceptors (Lipinski definition) is 6. The molecule has 2 amide bonds. The van der Waals surface area contributed by atoms with Crippen molar-refractivity contribution < 1.29 is 32.0 Å². The molecule has 0 radical (unpaired) electrons. The third kappa shape index (κ3) is 5.90. The van der Waals surface area contributed by atoms with Crippen molar-refractivity contribution in [2.24, 2.45) is 11.7 Å². The molecule has 11 heteroatoms. The number of carbonyl (C=O) groups is 2. The lowest BCUT2D eigenvalue weighted by Crippen LogP contribution is -2.47. The van der Waals surface area contributed by atoms with Gasteiger partial charge in [-0.25, -0.2) is 0 Å². The van der Waals surface area contributed by atoms with Gasteiger partial charge in [0.15, 0.2) is 0 Å². The number of halogens is 3. The lowest BCUT2D eigenvalue weighted by Gasteiger charge is -2.36. The summed E-state index contributed by atoms with van der Waals surface area (Å²) in [5.41, 5.74) is 8.11. The van der Waals surface area contributed by atoms with Crippen LogP contribution in [0.3, 0.4) is 0 Å². The quantitative estimate of drug-likeness (QED) is 0.438. The molecule has 2 aromatic carbocycles. The average molecular weight is 557 g/mol. The zero-order chi connectivity index (χ0) is 28.4. The van der Waals surface area contributed by atoms with Gasteiger partial charge in [-0.05, 0) is 54.2 Å². The van der Waals surface area contributed by atoms with Gasteiger partial charge in [-0.2, -0.15) is 13.2 Å². The highest BCUT2D eigenvalue weighted by molar-refractivity contribution is 5.91. The minimum absolute atomic E-state index is 0.0268. The van der Waals surface area contributed by atoms with Crippen molar-refractivity contribution in [2.45, 2.75) is 44.4 Å². The number of piperidine rings is 1. The fourth-order valence-corrected chi connectivity index (χ4v) is 5.12. The molecule has 0 spiro atoms. The Hall–Kier alpha value is -3.70. The van der Waals surface area contributed by atoms with E-state index in [-0.39, 0.29) is 30.0 Å². The lowest BCUT2D eigenvalue weighted by atomic mass is 9.92. The Balaban J connectivity index is 1.19. The molecule has 3 heterocycles. The van der Waals surface area contributed by atoms with Gasteiger partial charge in [0.2, 0.25) is 11.7 Å². The number of likely N-dealkylation sites (tertiary alicyclic amines) is 1. The SMILES string of the molecule is C[C@@H](NC(=O)c1cc(C2CCN(C(=O)C3COC3)CC2)no1)c1ccc(-c2cc(C(F)(F)F)ccc2CN)cc1. The van der Waals surface area contributed by atoms with Crippen LogP contribution in [0.5, 0.6) is 0 Å². The summed E-state index contributed by atoms with van der Waals surface area (Å²) >= 11 is 0. The lowest BCUT2D eigenvalue weighted by molar-refractivity contribution is -0.151. The summed E-state index contributed by atoms with van der Waals surface area (Å²) in [7, 11) is 0. The van der Waals surface area contributed by atoms with Crippen LogP contribution in [0.1, 0.15) is 64.7 Å². The molecule has 0 saturated carbocycles. The molecule has 2 saturated heterocycles. The Kier molecular flexibility index (Phi) is 7.95. The number of carbonyl (C=O) groups excluding carboxylic acids is 2. The molecule has 0 unspecified atom stereocenters. The van der Waals surface area contributed by atoms with Crippen molar-refractivity contribution in [3.8, 4) is 11.1 Å². The molecule has 0 aliphatic carbocycles. The number of benzene rings is 2. The summed E-state index contributed by atoms with van der Waals surface area (Å²) < 4.78 is 50.2. The number of alkyl halides is 3. The van der Waals surface area contributed by atoms with Gasteiger partial charge in [-0.1, -0.05) is 35.5 Å². The van der Waals surface area contributed by atoms with Gasteiger partial charge in [0.05, 0.1) is 36.4 Å². The van der Waals surface area contributed by atoms with Gasteiger partial charge in [-0.3, -0.25) is 9.59 Å². The first kappa shape index (κ1) is 27.9. The van der Waals surface area contributed by atoms with Gasteiger partial charge in [-0.15, -0.1) is 0 Å². The smallest absolute Gasteiger partial charge is 0.380 e. The molecule has 5 rings (SSSR count). The van der Waals surface area contributed by atoms with E-state index >= 15 is 0 Å². The number of nitrogens with zero attached hydrogens (tertiary/aromatic N) is 2. The third-order valence-corrected chi connectivity index (χ3v) is 7.69. The fraction of sp³-hybridized carbons (Fsp3) is 0.414. The van der Waals surface area contributed by atoms with Gasteiger partial charge >= 0.3 is 6.18 Å². The number of nitrogens with one attached hydrogen (secondary N) is 1. The van der Waals surface area contributed by atoms with E-state index < -0.39 is 23.7 Å². The van der Waals surface area contributed by atoms with Crippen LogP contribution in [0.4, 0.5) is 13.2 Å². The van der Waals surface area contributed by atoms with Crippen LogP contribution >= 0.6 is 0 Å². The van der Waals surface area contributed by atoms with E-state index in [1.807, 2.05) is 4.90 Å². The number of hydrogen-bond donors (Lipinski definition) is 2. The van der Waals surface area contributed by atoms with Gasteiger partial charge < -0.3 is 25.2 Å². The van der Waals surface area contributed by atoms with Crippen molar-refractivity contribution >= 4 is 11.8 Å². The molecule has 3 aromatic rings. The highest BCUT2D eigenvalue weighted by atomic mass is 19.4. The van der Waals surface area contributed by atoms with Gasteiger partial charge in [0.1, 0.15) is 0 Å². The molecule has 212 valence electrons. The van der Waals surface area contributed by atoms with Crippen LogP contribution in [0.15, 0.2) is 53.1 Å². The molecule has 1 aromatic heterocycles. The minimum atomic E-state index is -4.46. The number of nitrogens with two attached hydrogens (primary N) is 1. The second-order valence-electron chi connectivity index (χ2n) is 10.3. The predicted octanol–water partition coefficient (Wildman–Crippen LogP) is 4.66.